The van der Waals surface area contributed by atoms with Gasteiger partial charge in [-0.1, -0.05) is 42.5 Å². The molecule has 0 saturated heterocycles. The van der Waals surface area contributed by atoms with Gasteiger partial charge < -0.3 is 10.6 Å². The van der Waals surface area contributed by atoms with Gasteiger partial charge in [-0.15, -0.1) is 5.10 Å². The van der Waals surface area contributed by atoms with Gasteiger partial charge >= 0.3 is 6.18 Å². The highest BCUT2D eigenvalue weighted by molar-refractivity contribution is 6.07. The van der Waals surface area contributed by atoms with Crippen LogP contribution in [0.15, 0.2) is 91.0 Å². The summed E-state index contributed by atoms with van der Waals surface area (Å²) in [5, 5.41) is 10.1. The summed E-state index contributed by atoms with van der Waals surface area (Å²) < 4.78 is 55.8. The topological polar surface area (TPSA) is 96.3 Å². The summed E-state index contributed by atoms with van der Waals surface area (Å²) in [6.07, 6.45) is -1.86. The van der Waals surface area contributed by atoms with E-state index < -0.39 is 47.2 Å². The zero-order chi connectivity index (χ0) is 31.6. The summed E-state index contributed by atoms with van der Waals surface area (Å²) in [6.45, 7) is 3.50. The number of anilines is 2. The van der Waals surface area contributed by atoms with Crippen LogP contribution in [-0.2, 0) is 15.8 Å². The van der Waals surface area contributed by atoms with Gasteiger partial charge in [-0.25, -0.2) is 9.07 Å². The lowest BCUT2D eigenvalue weighted by Crippen LogP contribution is -2.55. The van der Waals surface area contributed by atoms with Crippen LogP contribution in [0.5, 0.6) is 0 Å². The van der Waals surface area contributed by atoms with Crippen molar-refractivity contribution in [3.8, 4) is 5.69 Å². The first kappa shape index (κ1) is 30.2. The van der Waals surface area contributed by atoms with E-state index in [2.05, 4.69) is 15.7 Å². The summed E-state index contributed by atoms with van der Waals surface area (Å²) in [5.41, 5.74) is 0.00638. The minimum Gasteiger partial charge on any atom is -0.339 e. The van der Waals surface area contributed by atoms with E-state index in [1.807, 2.05) is 0 Å². The largest absolute Gasteiger partial charge is 0.416 e. The Labute approximate surface area is 250 Å². The number of alkyl halides is 3. The van der Waals surface area contributed by atoms with Gasteiger partial charge in [-0.2, -0.15) is 13.2 Å². The summed E-state index contributed by atoms with van der Waals surface area (Å²) >= 11 is 0. The third-order valence-electron chi connectivity index (χ3n) is 7.17. The lowest BCUT2D eigenvalue weighted by molar-refractivity contribution is -0.137. The minimum atomic E-state index is -4.69. The zero-order valence-corrected chi connectivity index (χ0v) is 23.6. The van der Waals surface area contributed by atoms with Gasteiger partial charge in [-0.05, 0) is 68.0 Å². The Morgan fingerprint density at radius 1 is 1.00 bits per heavy atom. The Kier molecular flexibility index (Phi) is 8.34. The molecule has 226 valence electrons. The molecule has 2 N–H and O–H groups in total. The highest BCUT2D eigenvalue weighted by atomic mass is 19.4. The molecular weight excluding hydrogens is 578 g/mol. The molecule has 4 aromatic rings. The Morgan fingerprint density at radius 3 is 2.34 bits per heavy atom. The van der Waals surface area contributed by atoms with Crippen molar-refractivity contribution in [2.45, 2.75) is 32.0 Å². The number of para-hydroxylation sites is 1. The van der Waals surface area contributed by atoms with Gasteiger partial charge in [0.2, 0.25) is 5.91 Å². The minimum absolute atomic E-state index is 0.0885. The van der Waals surface area contributed by atoms with Crippen LogP contribution in [-0.4, -0.2) is 40.1 Å². The third kappa shape index (κ3) is 5.83. The molecule has 3 aromatic carbocycles. The summed E-state index contributed by atoms with van der Waals surface area (Å²) in [6, 6.07) is 16.6. The van der Waals surface area contributed by atoms with Crippen molar-refractivity contribution in [3.05, 3.63) is 119 Å². The Balaban J connectivity index is 1.71. The average Bonchev–Trinajstić information content (AvgIpc) is 3.36. The third-order valence-corrected chi connectivity index (χ3v) is 7.17. The number of halogens is 4. The molecule has 1 aliphatic heterocycles. The molecular formula is C32H27F4N5O3. The summed E-state index contributed by atoms with van der Waals surface area (Å²) in [5.74, 6) is -3.15. The lowest BCUT2D eigenvalue weighted by Gasteiger charge is -2.38. The van der Waals surface area contributed by atoms with Crippen LogP contribution in [0.3, 0.4) is 0 Å². The lowest BCUT2D eigenvalue weighted by atomic mass is 9.81. The second-order valence-corrected chi connectivity index (χ2v) is 9.96. The van der Waals surface area contributed by atoms with E-state index >= 15 is 0 Å². The molecule has 0 fully saturated rings. The Hall–Kier alpha value is -5.26. The molecule has 8 nitrogen and oxygen atoms in total. The monoisotopic (exact) mass is 605 g/mol. The number of rotatable bonds is 7. The molecule has 0 radical (unpaired) electrons. The van der Waals surface area contributed by atoms with Crippen LogP contribution in [0.1, 0.15) is 46.8 Å². The molecule has 0 aliphatic carbocycles. The first-order chi connectivity index (χ1) is 21.0. The number of hydrogen-bond acceptors (Lipinski definition) is 4. The molecule has 5 rings (SSSR count). The average molecular weight is 606 g/mol. The number of benzene rings is 3. The zero-order valence-electron chi connectivity index (χ0n) is 23.6. The van der Waals surface area contributed by atoms with Crippen molar-refractivity contribution < 1.29 is 31.9 Å². The van der Waals surface area contributed by atoms with E-state index in [1.54, 1.807) is 44.2 Å². The normalized spacial score (nSPS) is 16.6. The second kappa shape index (κ2) is 12.2. The fourth-order valence-electron chi connectivity index (χ4n) is 5.24. The number of allylic oxidation sites excluding steroid dienone is 1. The van der Waals surface area contributed by atoms with Crippen molar-refractivity contribution in [2.24, 2.45) is 0 Å². The van der Waals surface area contributed by atoms with Crippen LogP contribution in [0.4, 0.5) is 29.2 Å². The van der Waals surface area contributed by atoms with E-state index in [0.717, 1.165) is 12.1 Å². The number of fused-ring (bicyclic) bond motifs is 1. The molecule has 2 atom stereocenters. The molecule has 2 heterocycles. The Morgan fingerprint density at radius 2 is 1.70 bits per heavy atom. The van der Waals surface area contributed by atoms with Gasteiger partial charge in [0.25, 0.3) is 11.8 Å². The molecule has 0 bridgehead atoms. The van der Waals surface area contributed by atoms with E-state index in [9.17, 15) is 31.9 Å². The molecule has 12 heteroatoms. The van der Waals surface area contributed by atoms with Crippen LogP contribution < -0.4 is 15.5 Å². The standard InChI is InChI=1S/C32H27F4N5O3/c1-3-9-24(42)37-28-26-25(19-14-16-22(33)17-15-19)27(38-29(43)20-10-8-11-21(18-20)32(34,35)36)31(44)40(4-2)30(26)41(39-28)23-12-6-5-7-13-23/h3,5-18,25,27H,4H2,1-2H3,(H,38,43)(H,37,39,42)/b9-3+/t25-,27-/m0/s1. The maximum atomic E-state index is 14.2. The van der Waals surface area contributed by atoms with Gasteiger partial charge in [0.05, 0.1) is 11.3 Å². The van der Waals surface area contributed by atoms with E-state index in [0.29, 0.717) is 28.7 Å². The second-order valence-electron chi connectivity index (χ2n) is 9.96. The smallest absolute Gasteiger partial charge is 0.339 e. The van der Waals surface area contributed by atoms with Crippen molar-refractivity contribution in [1.29, 1.82) is 0 Å². The number of aromatic nitrogens is 2. The summed E-state index contributed by atoms with van der Waals surface area (Å²) in [4.78, 5) is 41.8. The fraction of sp³-hybridized carbons (Fsp3) is 0.188. The number of likely N-dealkylation sites (N-methyl/N-ethyl adjacent to an activating group) is 1. The van der Waals surface area contributed by atoms with E-state index in [1.165, 1.54) is 52.1 Å². The summed E-state index contributed by atoms with van der Waals surface area (Å²) in [7, 11) is 0. The number of carbonyl (C=O) groups excluding carboxylic acids is 3. The maximum absolute atomic E-state index is 14.2. The Bertz CT molecular complexity index is 1730. The predicted molar refractivity (Wildman–Crippen MR) is 156 cm³/mol. The maximum Gasteiger partial charge on any atom is 0.416 e. The van der Waals surface area contributed by atoms with Gasteiger partial charge in [0.15, 0.2) is 5.82 Å². The van der Waals surface area contributed by atoms with E-state index in [4.69, 9.17) is 0 Å². The predicted octanol–water partition coefficient (Wildman–Crippen LogP) is 5.84. The molecule has 1 aliphatic rings. The highest BCUT2D eigenvalue weighted by Gasteiger charge is 2.46. The van der Waals surface area contributed by atoms with Gasteiger partial charge in [0, 0.05) is 23.6 Å². The number of amides is 3. The molecule has 0 spiro atoms. The van der Waals surface area contributed by atoms with Crippen molar-refractivity contribution >= 4 is 29.4 Å². The van der Waals surface area contributed by atoms with Crippen LogP contribution in [0, 0.1) is 5.82 Å². The molecule has 3 amide bonds. The molecule has 44 heavy (non-hydrogen) atoms. The van der Waals surface area contributed by atoms with Crippen molar-refractivity contribution in [2.75, 3.05) is 16.8 Å². The van der Waals surface area contributed by atoms with Crippen LogP contribution in [0.25, 0.3) is 5.69 Å². The van der Waals surface area contributed by atoms with Crippen LogP contribution in [0.2, 0.25) is 0 Å². The fourth-order valence-corrected chi connectivity index (χ4v) is 5.24. The molecule has 1 aromatic heterocycles. The highest BCUT2D eigenvalue weighted by Crippen LogP contribution is 2.45. The van der Waals surface area contributed by atoms with Gasteiger partial charge in [-0.3, -0.25) is 19.3 Å². The quantitative estimate of drug-likeness (QED) is 0.204. The van der Waals surface area contributed by atoms with Crippen LogP contribution >= 0.6 is 0 Å². The first-order valence-corrected chi connectivity index (χ1v) is 13.7. The molecule has 0 saturated carbocycles. The number of nitrogens with one attached hydrogen (secondary N) is 2. The van der Waals surface area contributed by atoms with Crippen molar-refractivity contribution in [3.63, 3.8) is 0 Å². The first-order valence-electron chi connectivity index (χ1n) is 13.7. The van der Waals surface area contributed by atoms with Crippen molar-refractivity contribution in [1.82, 2.24) is 15.1 Å². The van der Waals surface area contributed by atoms with E-state index in [-0.39, 0.29) is 17.9 Å². The number of hydrogen-bond donors (Lipinski definition) is 2. The SMILES string of the molecule is C/C=C/C(=O)Nc1nn(-c2ccccc2)c2c1[C@H](c1ccc(F)cc1)[C@H](NC(=O)c1cccc(C(F)(F)F)c1)C(=O)N2CC. The van der Waals surface area contributed by atoms with Gasteiger partial charge in [0.1, 0.15) is 17.7 Å². The molecule has 0 unspecified atom stereocenters. The number of nitrogens with zero attached hydrogens (tertiary/aromatic N) is 3. The number of carbonyl (C=O) groups is 3.